The molecule has 0 saturated heterocycles. The van der Waals surface area contributed by atoms with Gasteiger partial charge in [0.1, 0.15) is 0 Å². The van der Waals surface area contributed by atoms with E-state index in [4.69, 9.17) is 0 Å². The van der Waals surface area contributed by atoms with E-state index in [2.05, 4.69) is 62.0 Å². The van der Waals surface area contributed by atoms with Gasteiger partial charge in [-0.1, -0.05) is 0 Å². The van der Waals surface area contributed by atoms with E-state index >= 15 is 0 Å². The normalized spacial score (nSPS) is 12.8. The monoisotopic (exact) mass is 339 g/mol. The summed E-state index contributed by atoms with van der Waals surface area (Å²) in [4.78, 5) is 0. The van der Waals surface area contributed by atoms with Crippen molar-refractivity contribution in [3.63, 3.8) is 0 Å². The van der Waals surface area contributed by atoms with Crippen molar-refractivity contribution in [3.8, 4) is 0 Å². The second kappa shape index (κ2) is 11.4. The van der Waals surface area contributed by atoms with Gasteiger partial charge in [-0.2, -0.15) is 0 Å². The van der Waals surface area contributed by atoms with Gasteiger partial charge in [0.2, 0.25) is 0 Å². The number of hydrogen-bond donors (Lipinski definition) is 0. The Bertz CT molecular complexity index is 165. The Morgan fingerprint density at radius 3 is 1.65 bits per heavy atom. The molecule has 0 aromatic heterocycles. The van der Waals surface area contributed by atoms with Gasteiger partial charge in [0, 0.05) is 0 Å². The van der Waals surface area contributed by atoms with Crippen molar-refractivity contribution in [2.75, 3.05) is 0 Å². The molecule has 0 aliphatic heterocycles. The van der Waals surface area contributed by atoms with Gasteiger partial charge in [0.25, 0.3) is 0 Å². The molecule has 0 aromatic carbocycles. The number of unbranched alkanes of at least 4 members (excludes halogenated alkanes) is 2. The molecule has 0 aromatic rings. The van der Waals surface area contributed by atoms with Gasteiger partial charge >= 0.3 is 103 Å². The summed E-state index contributed by atoms with van der Waals surface area (Å²) in [5.74, 6) is 0.828. The topological polar surface area (TPSA) is 0 Å². The molecule has 0 amide bonds. The van der Waals surface area contributed by atoms with Crippen molar-refractivity contribution in [2.45, 2.75) is 70.9 Å². The Morgan fingerprint density at radius 1 is 0.941 bits per heavy atom. The van der Waals surface area contributed by atoms with Crippen LogP contribution in [0.15, 0.2) is 0 Å². The van der Waals surface area contributed by atoms with Gasteiger partial charge in [-0.25, -0.2) is 0 Å². The molecular formula is C13H30Cl3Ti. The van der Waals surface area contributed by atoms with Crippen molar-refractivity contribution in [2.24, 2.45) is 11.3 Å². The Kier molecular flexibility index (Phi) is 18.1. The van der Waals surface area contributed by atoms with Gasteiger partial charge in [-0.15, -0.1) is 37.2 Å². The summed E-state index contributed by atoms with van der Waals surface area (Å²) in [6, 6.07) is 0. The third kappa shape index (κ3) is 9.17. The molecule has 107 valence electrons. The minimum Gasteiger partial charge on any atom is -0.147 e. The summed E-state index contributed by atoms with van der Waals surface area (Å²) in [6.07, 6.45) is 5.52. The van der Waals surface area contributed by atoms with E-state index in [1.54, 1.807) is 0 Å². The summed E-state index contributed by atoms with van der Waals surface area (Å²) >= 11 is 2.36. The van der Waals surface area contributed by atoms with Crippen molar-refractivity contribution in [1.29, 1.82) is 0 Å². The molecule has 17 heavy (non-hydrogen) atoms. The first kappa shape index (κ1) is 27.0. The quantitative estimate of drug-likeness (QED) is 0.396. The van der Waals surface area contributed by atoms with Crippen LogP contribution in [0.1, 0.15) is 67.2 Å². The second-order valence-electron chi connectivity index (χ2n) is 5.74. The van der Waals surface area contributed by atoms with E-state index in [0.29, 0.717) is 9.13 Å². The van der Waals surface area contributed by atoms with E-state index in [-0.39, 0.29) is 37.2 Å². The molecule has 0 aliphatic rings. The Hall–Kier alpha value is 1.58. The fourth-order valence-corrected chi connectivity index (χ4v) is 2.06. The molecule has 0 aliphatic carbocycles. The summed E-state index contributed by atoms with van der Waals surface area (Å²) < 4.78 is 0.415. The van der Waals surface area contributed by atoms with E-state index in [9.17, 15) is 0 Å². The molecule has 0 saturated carbocycles. The van der Waals surface area contributed by atoms with Crippen LogP contribution in [0, 0.1) is 11.3 Å². The summed E-state index contributed by atoms with van der Waals surface area (Å²) in [7, 11) is 0. The zero-order valence-corrected chi connectivity index (χ0v) is 16.1. The largest absolute Gasteiger partial charge is 0.147 e. The van der Waals surface area contributed by atoms with Crippen molar-refractivity contribution < 1.29 is 20.4 Å². The van der Waals surface area contributed by atoms with Crippen LogP contribution in [-0.4, -0.2) is 0 Å². The summed E-state index contributed by atoms with van der Waals surface area (Å²) in [5.41, 5.74) is 0.445. The van der Waals surface area contributed by atoms with Gasteiger partial charge in [-0.3, -0.25) is 0 Å². The molecule has 0 nitrogen and oxygen atoms in total. The van der Waals surface area contributed by atoms with Crippen LogP contribution in [0.2, 0.25) is 3.72 Å². The first-order chi connectivity index (χ1) is 6.23. The van der Waals surface area contributed by atoms with Gasteiger partial charge in [0.15, 0.2) is 0 Å². The van der Waals surface area contributed by atoms with Gasteiger partial charge in [-0.05, 0) is 0 Å². The molecule has 4 heteroatoms. The maximum atomic E-state index is 2.42. The average Bonchev–Trinajstić information content (AvgIpc) is 2.02. The second-order valence-corrected chi connectivity index (χ2v) is 7.70. The third-order valence-electron chi connectivity index (χ3n) is 4.08. The summed E-state index contributed by atoms with van der Waals surface area (Å²) in [6.45, 7) is 14.3. The van der Waals surface area contributed by atoms with Crippen LogP contribution in [0.25, 0.3) is 0 Å². The molecule has 0 spiro atoms. The Balaban J connectivity index is -0.000000282. The molecule has 0 heterocycles. The van der Waals surface area contributed by atoms with Crippen LogP contribution in [-0.2, 0) is 20.4 Å². The SMILES string of the molecule is CCCCCC(C)C(C)(C)[C](C)(C)[Ti].Cl.Cl.Cl. The van der Waals surface area contributed by atoms with E-state index in [1.165, 1.54) is 25.7 Å². The van der Waals surface area contributed by atoms with E-state index in [1.807, 2.05) is 0 Å². The van der Waals surface area contributed by atoms with Crippen molar-refractivity contribution in [1.82, 2.24) is 0 Å². The van der Waals surface area contributed by atoms with Crippen LogP contribution >= 0.6 is 37.2 Å². The molecule has 1 unspecified atom stereocenters. The Labute approximate surface area is 139 Å². The van der Waals surface area contributed by atoms with Crippen LogP contribution in [0.5, 0.6) is 0 Å². The first-order valence-electron chi connectivity index (χ1n) is 5.98. The Morgan fingerprint density at radius 2 is 1.35 bits per heavy atom. The zero-order chi connectivity index (χ0) is 11.4. The van der Waals surface area contributed by atoms with Crippen molar-refractivity contribution >= 4 is 37.2 Å². The standard InChI is InChI=1S/C13H27.3ClH.Ti/c1-7-8-9-10-12(4)13(5,6)11(2)3;;;;/h12H,7-10H2,1-6H3;3*1H;. The number of rotatable bonds is 6. The molecule has 0 radical (unpaired) electrons. The van der Waals surface area contributed by atoms with Crippen LogP contribution < -0.4 is 0 Å². The first-order valence-corrected chi connectivity index (χ1v) is 6.76. The third-order valence-corrected chi connectivity index (χ3v) is 5.09. The predicted octanol–water partition coefficient (Wildman–Crippen LogP) is 6.24. The fraction of sp³-hybridized carbons (Fsp3) is 1.00. The van der Waals surface area contributed by atoms with Gasteiger partial charge in [0.05, 0.1) is 0 Å². The molecule has 0 bridgehead atoms. The smallest absolute Gasteiger partial charge is 0.147 e. The predicted molar refractivity (Wildman–Crippen MR) is 82.9 cm³/mol. The summed E-state index contributed by atoms with van der Waals surface area (Å²) in [5, 5.41) is 0. The van der Waals surface area contributed by atoms with Crippen LogP contribution in [0.3, 0.4) is 0 Å². The maximum absolute atomic E-state index is 2.42. The van der Waals surface area contributed by atoms with Crippen LogP contribution in [0.4, 0.5) is 0 Å². The fourth-order valence-electron chi connectivity index (χ4n) is 1.68. The maximum Gasteiger partial charge on any atom is -0.147 e. The van der Waals surface area contributed by atoms with E-state index in [0.717, 1.165) is 5.92 Å². The van der Waals surface area contributed by atoms with Crippen molar-refractivity contribution in [3.05, 3.63) is 0 Å². The molecule has 0 N–H and O–H groups in total. The minimum atomic E-state index is 0. The van der Waals surface area contributed by atoms with Gasteiger partial charge < -0.3 is 0 Å². The molecule has 0 rings (SSSR count). The van der Waals surface area contributed by atoms with E-state index < -0.39 is 0 Å². The zero-order valence-electron chi connectivity index (χ0n) is 12.1. The molecule has 1 atom stereocenters. The number of halogens is 3. The molecule has 0 fully saturated rings. The average molecular weight is 341 g/mol. The minimum absolute atomic E-state index is 0. The molecular weight excluding hydrogens is 310 g/mol. The number of hydrogen-bond acceptors (Lipinski definition) is 0.